The number of ether oxygens (including phenoxy) is 1. The van der Waals surface area contributed by atoms with Crippen LogP contribution >= 0.6 is 0 Å². The third kappa shape index (κ3) is 4.12. The Bertz CT molecular complexity index is 451. The average Bonchev–Trinajstić information content (AvgIpc) is 2.52. The minimum Gasteiger partial charge on any atom is -0.383 e. The third-order valence-electron chi connectivity index (χ3n) is 3.48. The van der Waals surface area contributed by atoms with Gasteiger partial charge in [-0.2, -0.15) is 0 Å². The van der Waals surface area contributed by atoms with E-state index in [4.69, 9.17) is 4.74 Å². The molecule has 2 N–H and O–H groups in total. The number of methoxy groups -OCH3 is 1. The van der Waals surface area contributed by atoms with Crippen LogP contribution in [0.25, 0.3) is 0 Å². The lowest BCUT2D eigenvalue weighted by atomic mass is 10.1. The van der Waals surface area contributed by atoms with Gasteiger partial charge in [-0.15, -0.1) is 0 Å². The van der Waals surface area contributed by atoms with Crippen LogP contribution in [0.1, 0.15) is 18.9 Å². The lowest BCUT2D eigenvalue weighted by Gasteiger charge is -2.34. The van der Waals surface area contributed by atoms with E-state index in [1.165, 1.54) is 0 Å². The van der Waals surface area contributed by atoms with Gasteiger partial charge >= 0.3 is 0 Å². The summed E-state index contributed by atoms with van der Waals surface area (Å²) in [6.07, 6.45) is 4.36. The second kappa shape index (κ2) is 7.90. The molecule has 2 rings (SSSR count). The van der Waals surface area contributed by atoms with Gasteiger partial charge in [0.2, 0.25) is 11.9 Å². The van der Waals surface area contributed by atoms with Crippen LogP contribution in [0.4, 0.5) is 5.95 Å². The van der Waals surface area contributed by atoms with Gasteiger partial charge in [0.15, 0.2) is 0 Å². The first-order valence-corrected chi connectivity index (χ1v) is 7.31. The molecule has 0 aliphatic carbocycles. The normalized spacial score (nSPS) is 18.7. The lowest BCUT2D eigenvalue weighted by Crippen LogP contribution is -2.55. The summed E-state index contributed by atoms with van der Waals surface area (Å²) >= 11 is 0. The number of nitrogens with one attached hydrogen (secondary N) is 2. The van der Waals surface area contributed by atoms with E-state index < -0.39 is 0 Å². The number of piperazine rings is 1. The van der Waals surface area contributed by atoms with E-state index >= 15 is 0 Å². The average molecular weight is 293 g/mol. The van der Waals surface area contributed by atoms with Gasteiger partial charge in [0.1, 0.15) is 6.04 Å². The van der Waals surface area contributed by atoms with Crippen molar-refractivity contribution in [1.29, 1.82) is 0 Å². The fourth-order valence-electron chi connectivity index (χ4n) is 2.35. The van der Waals surface area contributed by atoms with Crippen molar-refractivity contribution in [3.63, 3.8) is 0 Å². The maximum atomic E-state index is 11.8. The molecule has 1 fully saturated rings. The predicted octanol–water partition coefficient (Wildman–Crippen LogP) is -0.0726. The molecule has 116 valence electrons. The quantitative estimate of drug-likeness (QED) is 0.685. The molecule has 1 amide bonds. The van der Waals surface area contributed by atoms with Crippen molar-refractivity contribution < 1.29 is 9.53 Å². The number of anilines is 1. The summed E-state index contributed by atoms with van der Waals surface area (Å²) in [6, 6.07) is -0.176. The van der Waals surface area contributed by atoms with Crippen molar-refractivity contribution in [3.8, 4) is 0 Å². The lowest BCUT2D eigenvalue weighted by molar-refractivity contribution is -0.123. The van der Waals surface area contributed by atoms with Gasteiger partial charge in [0, 0.05) is 51.2 Å². The molecule has 7 heteroatoms. The van der Waals surface area contributed by atoms with Gasteiger partial charge in [0.25, 0.3) is 0 Å². The standard InChI is InChI=1S/C14H23N5O2/c1-3-12-13(20)16-4-6-19(12)14-17-9-11(10-18-14)8-15-5-7-21-2/h9-10,12,15H,3-8H2,1-2H3,(H,16,20). The fraction of sp³-hybridized carbons (Fsp3) is 0.643. The van der Waals surface area contributed by atoms with E-state index in [1.807, 2.05) is 11.8 Å². The summed E-state index contributed by atoms with van der Waals surface area (Å²) in [6.45, 7) is 5.56. The van der Waals surface area contributed by atoms with E-state index in [9.17, 15) is 4.79 Å². The minimum atomic E-state index is -0.176. The number of nitrogens with zero attached hydrogens (tertiary/aromatic N) is 3. The number of rotatable bonds is 7. The van der Waals surface area contributed by atoms with Crippen molar-refractivity contribution in [2.45, 2.75) is 25.9 Å². The Morgan fingerprint density at radius 2 is 2.24 bits per heavy atom. The van der Waals surface area contributed by atoms with Crippen LogP contribution in [0.2, 0.25) is 0 Å². The maximum absolute atomic E-state index is 11.8. The number of aromatic nitrogens is 2. The molecule has 0 saturated carbocycles. The molecular formula is C14H23N5O2. The second-order valence-electron chi connectivity index (χ2n) is 4.97. The molecule has 0 spiro atoms. The van der Waals surface area contributed by atoms with Crippen LogP contribution in [0.15, 0.2) is 12.4 Å². The Hall–Kier alpha value is -1.73. The molecule has 2 heterocycles. The molecule has 0 radical (unpaired) electrons. The van der Waals surface area contributed by atoms with Crippen LogP contribution in [0.5, 0.6) is 0 Å². The van der Waals surface area contributed by atoms with Crippen molar-refractivity contribution in [2.75, 3.05) is 38.3 Å². The second-order valence-corrected chi connectivity index (χ2v) is 4.97. The van der Waals surface area contributed by atoms with Crippen LogP contribution in [0, 0.1) is 0 Å². The van der Waals surface area contributed by atoms with Crippen LogP contribution in [-0.4, -0.2) is 55.3 Å². The highest BCUT2D eigenvalue weighted by molar-refractivity contribution is 5.85. The topological polar surface area (TPSA) is 79.4 Å². The van der Waals surface area contributed by atoms with E-state index in [-0.39, 0.29) is 11.9 Å². The SMILES string of the molecule is CCC1C(=O)NCCN1c1ncc(CNCCOC)cn1. The minimum absolute atomic E-state index is 0.0534. The summed E-state index contributed by atoms with van der Waals surface area (Å²) in [4.78, 5) is 22.6. The van der Waals surface area contributed by atoms with Gasteiger partial charge in [0.05, 0.1) is 6.61 Å². The Kier molecular flexibility index (Phi) is 5.89. The molecule has 1 saturated heterocycles. The molecular weight excluding hydrogens is 270 g/mol. The maximum Gasteiger partial charge on any atom is 0.242 e. The van der Waals surface area contributed by atoms with E-state index in [0.717, 1.165) is 25.1 Å². The summed E-state index contributed by atoms with van der Waals surface area (Å²) in [5.41, 5.74) is 1.02. The van der Waals surface area contributed by atoms with E-state index in [2.05, 4.69) is 20.6 Å². The Morgan fingerprint density at radius 3 is 2.90 bits per heavy atom. The van der Waals surface area contributed by atoms with E-state index in [0.29, 0.717) is 25.6 Å². The number of carbonyl (C=O) groups excluding carboxylic acids is 1. The van der Waals surface area contributed by atoms with Gasteiger partial charge in [-0.3, -0.25) is 4.79 Å². The van der Waals surface area contributed by atoms with E-state index in [1.54, 1.807) is 19.5 Å². The molecule has 1 aromatic rings. The van der Waals surface area contributed by atoms with Crippen molar-refractivity contribution >= 4 is 11.9 Å². The fourth-order valence-corrected chi connectivity index (χ4v) is 2.35. The molecule has 1 aliphatic heterocycles. The Balaban J connectivity index is 1.96. The largest absolute Gasteiger partial charge is 0.383 e. The van der Waals surface area contributed by atoms with Crippen molar-refractivity contribution in [2.24, 2.45) is 0 Å². The molecule has 1 aliphatic rings. The first kappa shape index (κ1) is 15.7. The molecule has 1 aromatic heterocycles. The molecule has 21 heavy (non-hydrogen) atoms. The highest BCUT2D eigenvalue weighted by Gasteiger charge is 2.29. The Morgan fingerprint density at radius 1 is 1.48 bits per heavy atom. The summed E-state index contributed by atoms with van der Waals surface area (Å²) < 4.78 is 4.97. The third-order valence-corrected chi connectivity index (χ3v) is 3.48. The van der Waals surface area contributed by atoms with Crippen LogP contribution < -0.4 is 15.5 Å². The number of hydrogen-bond acceptors (Lipinski definition) is 6. The zero-order valence-electron chi connectivity index (χ0n) is 12.6. The van der Waals surface area contributed by atoms with Crippen LogP contribution in [-0.2, 0) is 16.1 Å². The summed E-state index contributed by atoms with van der Waals surface area (Å²) in [7, 11) is 1.68. The highest BCUT2D eigenvalue weighted by Crippen LogP contribution is 2.15. The molecule has 1 unspecified atom stereocenters. The van der Waals surface area contributed by atoms with Gasteiger partial charge in [-0.1, -0.05) is 6.92 Å². The number of hydrogen-bond donors (Lipinski definition) is 2. The Labute approximate surface area is 125 Å². The highest BCUT2D eigenvalue weighted by atomic mass is 16.5. The zero-order valence-corrected chi connectivity index (χ0v) is 12.6. The monoisotopic (exact) mass is 293 g/mol. The van der Waals surface area contributed by atoms with Crippen molar-refractivity contribution in [1.82, 2.24) is 20.6 Å². The smallest absolute Gasteiger partial charge is 0.242 e. The molecule has 1 atom stereocenters. The van der Waals surface area contributed by atoms with Crippen LogP contribution in [0.3, 0.4) is 0 Å². The van der Waals surface area contributed by atoms with Crippen molar-refractivity contribution in [3.05, 3.63) is 18.0 Å². The predicted molar refractivity (Wildman–Crippen MR) is 80.0 cm³/mol. The zero-order chi connectivity index (χ0) is 15.1. The summed E-state index contributed by atoms with van der Waals surface area (Å²) in [5.74, 6) is 0.676. The first-order valence-electron chi connectivity index (χ1n) is 7.31. The number of amides is 1. The molecule has 0 bridgehead atoms. The van der Waals surface area contributed by atoms with Gasteiger partial charge < -0.3 is 20.3 Å². The summed E-state index contributed by atoms with van der Waals surface area (Å²) in [5, 5.41) is 6.12. The number of carbonyl (C=O) groups is 1. The van der Waals surface area contributed by atoms with Gasteiger partial charge in [-0.25, -0.2) is 9.97 Å². The molecule has 7 nitrogen and oxygen atoms in total. The molecule has 0 aromatic carbocycles. The van der Waals surface area contributed by atoms with Gasteiger partial charge in [-0.05, 0) is 6.42 Å². The first-order chi connectivity index (χ1) is 10.3.